The highest BCUT2D eigenvalue weighted by atomic mass is 16.5. The number of aromatic carboxylic acids is 1. The Morgan fingerprint density at radius 2 is 2.20 bits per heavy atom. The van der Waals surface area contributed by atoms with Gasteiger partial charge in [-0.2, -0.15) is 0 Å². The molecule has 1 aromatic carbocycles. The van der Waals surface area contributed by atoms with Crippen molar-refractivity contribution in [2.24, 2.45) is 0 Å². The summed E-state index contributed by atoms with van der Waals surface area (Å²) < 4.78 is 5.72. The number of hydrogen-bond acceptors (Lipinski definition) is 2. The van der Waals surface area contributed by atoms with Crippen molar-refractivity contribution in [2.45, 2.75) is 32.3 Å². The van der Waals surface area contributed by atoms with Gasteiger partial charge in [-0.1, -0.05) is 0 Å². The van der Waals surface area contributed by atoms with Gasteiger partial charge >= 0.3 is 5.97 Å². The SMILES string of the molecule is Cc1cc(C(=O)O)ccc1OC1CCC1. The summed E-state index contributed by atoms with van der Waals surface area (Å²) in [7, 11) is 0. The highest BCUT2D eigenvalue weighted by molar-refractivity contribution is 5.88. The van der Waals surface area contributed by atoms with Crippen molar-refractivity contribution in [3.63, 3.8) is 0 Å². The molecule has 0 aromatic heterocycles. The van der Waals surface area contributed by atoms with E-state index in [4.69, 9.17) is 9.84 Å². The standard InChI is InChI=1S/C12H14O3/c1-8-7-9(12(13)14)5-6-11(8)15-10-3-2-4-10/h5-7,10H,2-4H2,1H3,(H,13,14). The van der Waals surface area contributed by atoms with E-state index in [-0.39, 0.29) is 0 Å². The zero-order valence-electron chi connectivity index (χ0n) is 8.69. The van der Waals surface area contributed by atoms with E-state index in [2.05, 4.69) is 0 Å². The Balaban J connectivity index is 2.14. The predicted molar refractivity (Wildman–Crippen MR) is 56.4 cm³/mol. The summed E-state index contributed by atoms with van der Waals surface area (Å²) in [4.78, 5) is 10.7. The fourth-order valence-corrected chi connectivity index (χ4v) is 1.58. The van der Waals surface area contributed by atoms with Crippen molar-refractivity contribution >= 4 is 5.97 Å². The number of carbonyl (C=O) groups is 1. The van der Waals surface area contributed by atoms with E-state index in [1.807, 2.05) is 6.92 Å². The summed E-state index contributed by atoms with van der Waals surface area (Å²) in [5.74, 6) is -0.0852. The number of hydrogen-bond donors (Lipinski definition) is 1. The highest BCUT2D eigenvalue weighted by Crippen LogP contribution is 2.27. The van der Waals surface area contributed by atoms with Gasteiger partial charge in [0.05, 0.1) is 11.7 Å². The van der Waals surface area contributed by atoms with Crippen LogP contribution in [0, 0.1) is 6.92 Å². The molecule has 1 saturated carbocycles. The van der Waals surface area contributed by atoms with Crippen LogP contribution < -0.4 is 4.74 Å². The Kier molecular flexibility index (Phi) is 2.62. The van der Waals surface area contributed by atoms with Crippen LogP contribution in [0.2, 0.25) is 0 Å². The number of aryl methyl sites for hydroxylation is 1. The van der Waals surface area contributed by atoms with Crippen molar-refractivity contribution in [2.75, 3.05) is 0 Å². The quantitative estimate of drug-likeness (QED) is 0.826. The first kappa shape index (κ1) is 10.0. The van der Waals surface area contributed by atoms with Gasteiger partial charge in [0.2, 0.25) is 0 Å². The summed E-state index contributed by atoms with van der Waals surface area (Å²) in [6, 6.07) is 4.98. The summed E-state index contributed by atoms with van der Waals surface area (Å²) in [5.41, 5.74) is 1.20. The highest BCUT2D eigenvalue weighted by Gasteiger charge is 2.19. The van der Waals surface area contributed by atoms with Crippen LogP contribution in [0.5, 0.6) is 5.75 Å². The number of ether oxygens (including phenoxy) is 1. The maximum Gasteiger partial charge on any atom is 0.335 e. The molecule has 0 spiro atoms. The molecule has 0 atom stereocenters. The van der Waals surface area contributed by atoms with Crippen LogP contribution in [0.4, 0.5) is 0 Å². The Hall–Kier alpha value is -1.51. The fraction of sp³-hybridized carbons (Fsp3) is 0.417. The molecule has 3 heteroatoms. The van der Waals surface area contributed by atoms with Gasteiger partial charge in [0.15, 0.2) is 0 Å². The van der Waals surface area contributed by atoms with Gasteiger partial charge in [-0.15, -0.1) is 0 Å². The lowest BCUT2D eigenvalue weighted by atomic mass is 9.96. The summed E-state index contributed by atoms with van der Waals surface area (Å²) >= 11 is 0. The molecule has 1 aromatic rings. The van der Waals surface area contributed by atoms with Gasteiger partial charge in [0, 0.05) is 0 Å². The molecular weight excluding hydrogens is 192 g/mol. The maximum atomic E-state index is 10.7. The Morgan fingerprint density at radius 1 is 1.47 bits per heavy atom. The summed E-state index contributed by atoms with van der Waals surface area (Å²) in [6.07, 6.45) is 3.79. The molecule has 0 heterocycles. The largest absolute Gasteiger partial charge is 0.490 e. The van der Waals surface area contributed by atoms with Crippen LogP contribution in [0.15, 0.2) is 18.2 Å². The van der Waals surface area contributed by atoms with Crippen molar-refractivity contribution in [1.82, 2.24) is 0 Å². The third-order valence-electron chi connectivity index (χ3n) is 2.77. The Labute approximate surface area is 88.7 Å². The lowest BCUT2D eigenvalue weighted by Crippen LogP contribution is -2.24. The van der Waals surface area contributed by atoms with Gasteiger partial charge < -0.3 is 9.84 Å². The molecule has 0 saturated heterocycles. The molecule has 15 heavy (non-hydrogen) atoms. The zero-order chi connectivity index (χ0) is 10.8. The average molecular weight is 206 g/mol. The number of carboxylic acids is 1. The van der Waals surface area contributed by atoms with Crippen LogP contribution in [0.3, 0.4) is 0 Å². The third-order valence-corrected chi connectivity index (χ3v) is 2.77. The molecule has 0 amide bonds. The second-order valence-electron chi connectivity index (χ2n) is 3.96. The molecule has 1 N–H and O–H groups in total. The first-order valence-corrected chi connectivity index (χ1v) is 5.17. The van der Waals surface area contributed by atoms with Crippen LogP contribution in [-0.2, 0) is 0 Å². The lowest BCUT2D eigenvalue weighted by molar-refractivity contribution is 0.0696. The third kappa shape index (κ3) is 2.12. The van der Waals surface area contributed by atoms with Crippen molar-refractivity contribution < 1.29 is 14.6 Å². The minimum absolute atomic E-state index is 0.313. The number of carboxylic acid groups (broad SMARTS) is 1. The summed E-state index contributed by atoms with van der Waals surface area (Å²) in [6.45, 7) is 1.88. The molecule has 80 valence electrons. The molecule has 2 rings (SSSR count). The van der Waals surface area contributed by atoms with Gasteiger partial charge in [-0.25, -0.2) is 4.79 Å². The predicted octanol–water partition coefficient (Wildman–Crippen LogP) is 2.62. The van der Waals surface area contributed by atoms with E-state index < -0.39 is 5.97 Å². The topological polar surface area (TPSA) is 46.5 Å². The molecule has 1 aliphatic rings. The molecule has 0 unspecified atom stereocenters. The monoisotopic (exact) mass is 206 g/mol. The second-order valence-corrected chi connectivity index (χ2v) is 3.96. The van der Waals surface area contributed by atoms with Gasteiger partial charge in [0.1, 0.15) is 5.75 Å². The molecule has 0 bridgehead atoms. The van der Waals surface area contributed by atoms with Gasteiger partial charge in [-0.3, -0.25) is 0 Å². The van der Waals surface area contributed by atoms with Gasteiger partial charge in [-0.05, 0) is 49.9 Å². The van der Waals surface area contributed by atoms with Crippen molar-refractivity contribution in [3.05, 3.63) is 29.3 Å². The summed E-state index contributed by atoms with van der Waals surface area (Å²) in [5, 5.41) is 8.80. The van der Waals surface area contributed by atoms with E-state index >= 15 is 0 Å². The van der Waals surface area contributed by atoms with E-state index in [1.165, 1.54) is 6.42 Å². The molecule has 0 aliphatic heterocycles. The van der Waals surface area contributed by atoms with Crippen LogP contribution in [-0.4, -0.2) is 17.2 Å². The molecular formula is C12H14O3. The first-order chi connectivity index (χ1) is 7.16. The molecule has 0 radical (unpaired) electrons. The van der Waals surface area contributed by atoms with Crippen molar-refractivity contribution in [1.29, 1.82) is 0 Å². The minimum Gasteiger partial charge on any atom is -0.490 e. The van der Waals surface area contributed by atoms with E-state index in [1.54, 1.807) is 18.2 Å². The van der Waals surface area contributed by atoms with Crippen molar-refractivity contribution in [3.8, 4) is 5.75 Å². The lowest BCUT2D eigenvalue weighted by Gasteiger charge is -2.27. The fourth-order valence-electron chi connectivity index (χ4n) is 1.58. The van der Waals surface area contributed by atoms with E-state index in [9.17, 15) is 4.79 Å². The number of rotatable bonds is 3. The zero-order valence-corrected chi connectivity index (χ0v) is 8.69. The maximum absolute atomic E-state index is 10.7. The van der Waals surface area contributed by atoms with E-state index in [0.29, 0.717) is 11.7 Å². The van der Waals surface area contributed by atoms with Crippen LogP contribution in [0.1, 0.15) is 35.2 Å². The van der Waals surface area contributed by atoms with E-state index in [0.717, 1.165) is 24.2 Å². The average Bonchev–Trinajstić information content (AvgIpc) is 2.12. The van der Waals surface area contributed by atoms with Crippen LogP contribution >= 0.6 is 0 Å². The minimum atomic E-state index is -0.895. The molecule has 1 aliphatic carbocycles. The molecule has 3 nitrogen and oxygen atoms in total. The van der Waals surface area contributed by atoms with Crippen LogP contribution in [0.25, 0.3) is 0 Å². The molecule has 1 fully saturated rings. The number of benzene rings is 1. The Morgan fingerprint density at radius 3 is 2.67 bits per heavy atom. The normalized spacial score (nSPS) is 15.8. The smallest absolute Gasteiger partial charge is 0.335 e. The van der Waals surface area contributed by atoms with Gasteiger partial charge in [0.25, 0.3) is 0 Å². The first-order valence-electron chi connectivity index (χ1n) is 5.17. The second kappa shape index (κ2) is 3.93. The Bertz CT molecular complexity index is 380.